The fourth-order valence-corrected chi connectivity index (χ4v) is 4.68. The van der Waals surface area contributed by atoms with E-state index in [1.165, 1.54) is 5.56 Å². The van der Waals surface area contributed by atoms with E-state index in [0.717, 1.165) is 39.2 Å². The normalized spacial score (nSPS) is 24.4. The molecular formula is C22H35NO2Si. The van der Waals surface area contributed by atoms with E-state index in [1.807, 2.05) is 0 Å². The lowest BCUT2D eigenvalue weighted by molar-refractivity contribution is -0.0444. The van der Waals surface area contributed by atoms with E-state index < -0.39 is 8.32 Å². The number of nitrogens with zero attached hydrogens (tertiary/aromatic N) is 1. The Hall–Kier alpha value is -0.943. The van der Waals surface area contributed by atoms with Crippen LogP contribution in [0.25, 0.3) is 0 Å². The highest BCUT2D eigenvalue weighted by Gasteiger charge is 2.38. The third-order valence-electron chi connectivity index (χ3n) is 6.32. The fraction of sp³-hybridized carbons (Fsp3) is 0.636. The Bertz CT molecular complexity index is 621. The summed E-state index contributed by atoms with van der Waals surface area (Å²) in [5, 5.41) is 0.283. The zero-order chi connectivity index (χ0) is 18.8. The molecule has 2 bridgehead atoms. The van der Waals surface area contributed by atoms with Crippen molar-refractivity contribution < 1.29 is 9.16 Å². The average Bonchev–Trinajstić information content (AvgIpc) is 2.55. The molecule has 2 aliphatic heterocycles. The highest BCUT2D eigenvalue weighted by atomic mass is 28.4. The maximum Gasteiger partial charge on any atom is 0.191 e. The molecule has 0 aromatic heterocycles. The van der Waals surface area contributed by atoms with E-state index in [1.54, 1.807) is 5.57 Å². The Morgan fingerprint density at radius 1 is 1.15 bits per heavy atom. The van der Waals surface area contributed by atoms with Gasteiger partial charge in [0.2, 0.25) is 0 Å². The lowest BCUT2D eigenvalue weighted by atomic mass is 9.92. The molecule has 0 spiro atoms. The number of rotatable bonds is 6. The zero-order valence-electron chi connectivity index (χ0n) is 17.1. The maximum atomic E-state index is 6.39. The summed E-state index contributed by atoms with van der Waals surface area (Å²) < 4.78 is 12.2. The van der Waals surface area contributed by atoms with E-state index in [9.17, 15) is 0 Å². The molecule has 2 heterocycles. The van der Waals surface area contributed by atoms with Crippen LogP contribution < -0.4 is 0 Å². The standard InChI is InChI=1S/C22H35NO2Si/c1-22(2,3)26(4,5)25-12-11-19-13-20-16-24-17-21(14-19)23(20)15-18-9-7-6-8-10-18/h6-10,13,20-21H,11-12,14-17H2,1-5H3. The van der Waals surface area contributed by atoms with Crippen molar-refractivity contribution in [3.05, 3.63) is 47.5 Å². The van der Waals surface area contributed by atoms with Crippen molar-refractivity contribution in [3.8, 4) is 0 Å². The minimum atomic E-state index is -1.64. The van der Waals surface area contributed by atoms with Gasteiger partial charge in [-0.25, -0.2) is 0 Å². The highest BCUT2D eigenvalue weighted by molar-refractivity contribution is 6.74. The Balaban J connectivity index is 1.59. The van der Waals surface area contributed by atoms with Crippen LogP contribution >= 0.6 is 0 Å². The van der Waals surface area contributed by atoms with Crippen LogP contribution in [0.2, 0.25) is 18.1 Å². The second kappa shape index (κ2) is 7.97. The second-order valence-corrected chi connectivity index (χ2v) is 14.1. The molecule has 1 aromatic rings. The first kappa shape index (κ1) is 19.8. The predicted molar refractivity (Wildman–Crippen MR) is 111 cm³/mol. The summed E-state index contributed by atoms with van der Waals surface area (Å²) in [4.78, 5) is 2.62. The topological polar surface area (TPSA) is 21.7 Å². The van der Waals surface area contributed by atoms with Gasteiger partial charge in [-0.3, -0.25) is 4.90 Å². The number of hydrogen-bond donors (Lipinski definition) is 0. The smallest absolute Gasteiger partial charge is 0.191 e. The van der Waals surface area contributed by atoms with Crippen LogP contribution in [-0.2, 0) is 15.7 Å². The van der Waals surface area contributed by atoms with E-state index >= 15 is 0 Å². The van der Waals surface area contributed by atoms with Gasteiger partial charge < -0.3 is 9.16 Å². The lowest BCUT2D eigenvalue weighted by Gasteiger charge is -2.45. The molecule has 144 valence electrons. The monoisotopic (exact) mass is 373 g/mol. The molecule has 4 heteroatoms. The van der Waals surface area contributed by atoms with Gasteiger partial charge in [0.15, 0.2) is 8.32 Å². The van der Waals surface area contributed by atoms with E-state index in [2.05, 4.69) is 75.2 Å². The largest absolute Gasteiger partial charge is 0.417 e. The van der Waals surface area contributed by atoms with E-state index in [4.69, 9.17) is 9.16 Å². The second-order valence-electron chi connectivity index (χ2n) is 9.30. The minimum Gasteiger partial charge on any atom is -0.417 e. The van der Waals surface area contributed by atoms with Crippen molar-refractivity contribution in [3.63, 3.8) is 0 Å². The minimum absolute atomic E-state index is 0.283. The Morgan fingerprint density at radius 3 is 2.54 bits per heavy atom. The number of fused-ring (bicyclic) bond motifs is 2. The molecule has 0 N–H and O–H groups in total. The van der Waals surface area contributed by atoms with Gasteiger partial charge in [0.25, 0.3) is 0 Å². The highest BCUT2D eigenvalue weighted by Crippen LogP contribution is 2.37. The van der Waals surface area contributed by atoms with Gasteiger partial charge in [-0.2, -0.15) is 0 Å². The fourth-order valence-electron chi connectivity index (χ4n) is 3.63. The molecule has 3 nitrogen and oxygen atoms in total. The van der Waals surface area contributed by atoms with Gasteiger partial charge in [-0.05, 0) is 36.5 Å². The summed E-state index contributed by atoms with van der Waals surface area (Å²) in [6, 6.07) is 11.7. The number of morpholine rings is 1. The first-order valence-electron chi connectivity index (χ1n) is 9.97. The summed E-state index contributed by atoms with van der Waals surface area (Å²) in [5.41, 5.74) is 2.95. The van der Waals surface area contributed by atoms with Gasteiger partial charge in [-0.15, -0.1) is 0 Å². The van der Waals surface area contributed by atoms with Crippen LogP contribution in [0.3, 0.4) is 0 Å². The van der Waals surface area contributed by atoms with Crippen LogP contribution in [0.5, 0.6) is 0 Å². The maximum absolute atomic E-state index is 6.39. The first-order chi connectivity index (χ1) is 12.3. The molecule has 3 rings (SSSR count). The van der Waals surface area contributed by atoms with Gasteiger partial charge in [0.1, 0.15) is 0 Å². The molecule has 1 saturated heterocycles. The average molecular weight is 374 g/mol. The molecule has 1 fully saturated rings. The Morgan fingerprint density at radius 2 is 1.88 bits per heavy atom. The molecule has 0 saturated carbocycles. The summed E-state index contributed by atoms with van der Waals surface area (Å²) in [7, 11) is -1.64. The van der Waals surface area contributed by atoms with Crippen molar-refractivity contribution in [1.82, 2.24) is 4.90 Å². The van der Waals surface area contributed by atoms with Crippen molar-refractivity contribution in [2.24, 2.45) is 0 Å². The van der Waals surface area contributed by atoms with E-state index in [-0.39, 0.29) is 5.04 Å². The zero-order valence-corrected chi connectivity index (χ0v) is 18.1. The third-order valence-corrected chi connectivity index (χ3v) is 10.9. The predicted octanol–water partition coefficient (Wildman–Crippen LogP) is 5.00. The quantitative estimate of drug-likeness (QED) is 0.517. The van der Waals surface area contributed by atoms with Gasteiger partial charge in [0, 0.05) is 19.2 Å². The SMILES string of the molecule is CC(C)(C)[Si](C)(C)OCCC1=CC2COCC(C1)N2Cc1ccccc1. The van der Waals surface area contributed by atoms with Crippen LogP contribution in [0.4, 0.5) is 0 Å². The van der Waals surface area contributed by atoms with Crippen molar-refractivity contribution in [2.45, 2.75) is 70.4 Å². The van der Waals surface area contributed by atoms with Gasteiger partial charge in [0.05, 0.1) is 19.3 Å². The van der Waals surface area contributed by atoms with E-state index in [0.29, 0.717) is 12.1 Å². The summed E-state index contributed by atoms with van der Waals surface area (Å²) in [5.74, 6) is 0. The number of ether oxygens (including phenoxy) is 1. The van der Waals surface area contributed by atoms with Crippen molar-refractivity contribution >= 4 is 8.32 Å². The summed E-state index contributed by atoms with van der Waals surface area (Å²) >= 11 is 0. The van der Waals surface area contributed by atoms with Crippen LogP contribution in [0, 0.1) is 0 Å². The molecule has 1 aromatic carbocycles. The van der Waals surface area contributed by atoms with Gasteiger partial charge >= 0.3 is 0 Å². The van der Waals surface area contributed by atoms with Crippen LogP contribution in [-0.4, -0.2) is 45.1 Å². The molecule has 0 aliphatic carbocycles. The Labute approximate surface area is 160 Å². The number of hydrogen-bond acceptors (Lipinski definition) is 3. The summed E-state index contributed by atoms with van der Waals surface area (Å²) in [6.45, 7) is 15.1. The first-order valence-corrected chi connectivity index (χ1v) is 12.9. The molecule has 2 unspecified atom stereocenters. The van der Waals surface area contributed by atoms with Crippen molar-refractivity contribution in [1.29, 1.82) is 0 Å². The van der Waals surface area contributed by atoms with Gasteiger partial charge in [-0.1, -0.05) is 62.8 Å². The van der Waals surface area contributed by atoms with Crippen molar-refractivity contribution in [2.75, 3.05) is 19.8 Å². The Kier molecular flexibility index (Phi) is 6.07. The molecule has 2 atom stereocenters. The van der Waals surface area contributed by atoms with Crippen LogP contribution in [0.1, 0.15) is 39.2 Å². The molecule has 26 heavy (non-hydrogen) atoms. The molecule has 2 aliphatic rings. The molecular weight excluding hydrogens is 338 g/mol. The lowest BCUT2D eigenvalue weighted by Crippen LogP contribution is -2.53. The van der Waals surface area contributed by atoms with Crippen LogP contribution in [0.15, 0.2) is 42.0 Å². The third kappa shape index (κ3) is 4.66. The number of benzene rings is 1. The summed E-state index contributed by atoms with van der Waals surface area (Å²) in [6.07, 6.45) is 4.64. The molecule has 0 radical (unpaired) electrons. The molecule has 0 amide bonds.